The normalized spacial score (nSPS) is 12.3. The predicted molar refractivity (Wildman–Crippen MR) is 91.2 cm³/mol. The first-order chi connectivity index (χ1) is 9.98. The molecule has 0 heterocycles. The van der Waals surface area contributed by atoms with Gasteiger partial charge in [0.1, 0.15) is 0 Å². The van der Waals surface area contributed by atoms with Gasteiger partial charge in [-0.15, -0.1) is 0 Å². The Kier molecular flexibility index (Phi) is 14.0. The molecule has 0 aliphatic heterocycles. The van der Waals surface area contributed by atoms with Crippen molar-refractivity contribution in [2.45, 2.75) is 38.7 Å². The van der Waals surface area contributed by atoms with Crippen LogP contribution < -0.4 is 0 Å². The van der Waals surface area contributed by atoms with Crippen LogP contribution in [0.25, 0.3) is 0 Å². The molecule has 0 radical (unpaired) electrons. The van der Waals surface area contributed by atoms with Crippen LogP contribution in [0.5, 0.6) is 0 Å². The van der Waals surface area contributed by atoms with Gasteiger partial charge in [0.25, 0.3) is 0 Å². The molecule has 5 nitrogen and oxygen atoms in total. The van der Waals surface area contributed by atoms with Gasteiger partial charge in [0.05, 0.1) is 39.6 Å². The lowest BCUT2D eigenvalue weighted by atomic mass is 10.5. The molecule has 0 N–H and O–H groups in total. The lowest BCUT2D eigenvalue weighted by Gasteiger charge is -2.25. The number of methoxy groups -OCH3 is 1. The minimum Gasteiger partial charge on any atom is -0.458 e. The van der Waals surface area contributed by atoms with E-state index < -0.39 is 17.4 Å². The Balaban J connectivity index is 3.22. The van der Waals surface area contributed by atoms with Crippen LogP contribution >= 0.6 is 0 Å². The molecule has 128 valence electrons. The van der Waals surface area contributed by atoms with Crippen LogP contribution in [-0.4, -0.2) is 70.7 Å². The number of hydrogen-bond acceptors (Lipinski definition) is 5. The van der Waals surface area contributed by atoms with E-state index in [4.69, 9.17) is 23.1 Å². The fourth-order valence-corrected chi connectivity index (χ4v) is 8.55. The minimum absolute atomic E-state index is 0.611. The molecule has 0 saturated heterocycles. The Morgan fingerprint density at radius 3 is 1.71 bits per heavy atom. The van der Waals surface area contributed by atoms with Gasteiger partial charge in [0.2, 0.25) is 0 Å². The summed E-state index contributed by atoms with van der Waals surface area (Å²) in [4.78, 5) is 0. The molecule has 0 aromatic rings. The molecular weight excluding hydrogens is 304 g/mol. The first-order valence-electron chi connectivity index (χ1n) is 7.88. The van der Waals surface area contributed by atoms with Gasteiger partial charge in [0.15, 0.2) is 17.4 Å². The molecule has 0 aliphatic rings. The van der Waals surface area contributed by atoms with Gasteiger partial charge in [-0.1, -0.05) is 0 Å². The molecular formula is C14H34O5Si2. The SMILES string of the molecule is COCCOCCOCCOCCC[Si](C)(C)O[SiH](C)C. The van der Waals surface area contributed by atoms with Crippen LogP contribution in [0.2, 0.25) is 32.2 Å². The highest BCUT2D eigenvalue weighted by atomic mass is 28.4. The molecule has 0 rings (SSSR count). The van der Waals surface area contributed by atoms with Gasteiger partial charge in [-0.3, -0.25) is 0 Å². The fourth-order valence-electron chi connectivity index (χ4n) is 1.98. The van der Waals surface area contributed by atoms with Gasteiger partial charge in [-0.25, -0.2) is 0 Å². The standard InChI is InChI=1S/C14H34O5Si2/c1-15-8-9-17-12-13-18-11-10-16-7-6-14-21(4,5)19-20(2)3/h20H,6-14H2,1-5H3. The molecule has 0 unspecified atom stereocenters. The second kappa shape index (κ2) is 13.9. The molecule has 0 aromatic carbocycles. The quantitative estimate of drug-likeness (QED) is 0.339. The topological polar surface area (TPSA) is 46.2 Å². The van der Waals surface area contributed by atoms with Crippen LogP contribution in [0, 0.1) is 0 Å². The Bertz CT molecular complexity index is 227. The third-order valence-corrected chi connectivity index (χ3v) is 8.79. The van der Waals surface area contributed by atoms with Crippen molar-refractivity contribution in [1.82, 2.24) is 0 Å². The Hall–Kier alpha value is 0.234. The molecule has 0 bridgehead atoms. The van der Waals surface area contributed by atoms with Crippen LogP contribution in [0.15, 0.2) is 0 Å². The highest BCUT2D eigenvalue weighted by Gasteiger charge is 2.22. The molecule has 0 amide bonds. The summed E-state index contributed by atoms with van der Waals surface area (Å²) >= 11 is 0. The molecule has 0 saturated carbocycles. The second-order valence-corrected chi connectivity index (χ2v) is 12.9. The maximum atomic E-state index is 6.11. The molecule has 0 aliphatic carbocycles. The highest BCUT2D eigenvalue weighted by molar-refractivity contribution is 6.77. The summed E-state index contributed by atoms with van der Waals surface area (Å²) in [5.74, 6) is 0. The molecule has 0 fully saturated rings. The Morgan fingerprint density at radius 2 is 1.24 bits per heavy atom. The maximum Gasteiger partial charge on any atom is 0.173 e. The van der Waals surface area contributed by atoms with Crippen LogP contribution in [0.3, 0.4) is 0 Å². The van der Waals surface area contributed by atoms with Crippen molar-refractivity contribution in [2.24, 2.45) is 0 Å². The van der Waals surface area contributed by atoms with Crippen molar-refractivity contribution in [3.63, 3.8) is 0 Å². The van der Waals surface area contributed by atoms with Crippen LogP contribution in [-0.2, 0) is 23.1 Å². The summed E-state index contributed by atoms with van der Waals surface area (Å²) in [5, 5.41) is 0. The van der Waals surface area contributed by atoms with Gasteiger partial charge >= 0.3 is 0 Å². The summed E-state index contributed by atoms with van der Waals surface area (Å²) < 4.78 is 27.3. The van der Waals surface area contributed by atoms with Crippen molar-refractivity contribution in [1.29, 1.82) is 0 Å². The Morgan fingerprint density at radius 1 is 0.762 bits per heavy atom. The third kappa shape index (κ3) is 16.4. The molecule has 0 atom stereocenters. The smallest absolute Gasteiger partial charge is 0.173 e. The molecule has 21 heavy (non-hydrogen) atoms. The van der Waals surface area contributed by atoms with E-state index in [1.807, 2.05) is 0 Å². The molecule has 7 heteroatoms. The first-order valence-corrected chi connectivity index (χ1v) is 13.8. The average molecular weight is 339 g/mol. The van der Waals surface area contributed by atoms with E-state index in [0.29, 0.717) is 39.6 Å². The van der Waals surface area contributed by atoms with E-state index in [2.05, 4.69) is 26.2 Å². The monoisotopic (exact) mass is 338 g/mol. The van der Waals surface area contributed by atoms with Crippen molar-refractivity contribution in [3.05, 3.63) is 0 Å². The van der Waals surface area contributed by atoms with Gasteiger partial charge in [-0.05, 0) is 38.7 Å². The lowest BCUT2D eigenvalue weighted by molar-refractivity contribution is 0.00372. The highest BCUT2D eigenvalue weighted by Crippen LogP contribution is 2.14. The minimum atomic E-state index is -1.44. The van der Waals surface area contributed by atoms with Crippen molar-refractivity contribution < 1.29 is 23.1 Å². The maximum absolute atomic E-state index is 6.11. The van der Waals surface area contributed by atoms with Crippen molar-refractivity contribution in [3.8, 4) is 0 Å². The predicted octanol–water partition coefficient (Wildman–Crippen LogP) is 2.28. The summed E-state index contributed by atoms with van der Waals surface area (Å²) in [6.07, 6.45) is 1.08. The molecule has 0 spiro atoms. The van der Waals surface area contributed by atoms with E-state index in [9.17, 15) is 0 Å². The van der Waals surface area contributed by atoms with Gasteiger partial charge in [0, 0.05) is 13.7 Å². The summed E-state index contributed by atoms with van der Waals surface area (Å²) in [6, 6.07) is 1.17. The van der Waals surface area contributed by atoms with Crippen molar-refractivity contribution in [2.75, 3.05) is 53.4 Å². The van der Waals surface area contributed by atoms with E-state index in [0.717, 1.165) is 13.0 Å². The summed E-state index contributed by atoms with van der Waals surface area (Å²) in [6.45, 7) is 13.6. The zero-order valence-electron chi connectivity index (χ0n) is 14.5. The van der Waals surface area contributed by atoms with Crippen molar-refractivity contribution >= 4 is 17.4 Å². The lowest BCUT2D eigenvalue weighted by Crippen LogP contribution is -2.35. The third-order valence-electron chi connectivity index (χ3n) is 2.80. The van der Waals surface area contributed by atoms with Crippen LogP contribution in [0.4, 0.5) is 0 Å². The van der Waals surface area contributed by atoms with E-state index in [1.165, 1.54) is 6.04 Å². The molecule has 0 aromatic heterocycles. The van der Waals surface area contributed by atoms with E-state index >= 15 is 0 Å². The van der Waals surface area contributed by atoms with Gasteiger partial charge in [-0.2, -0.15) is 0 Å². The zero-order chi connectivity index (χ0) is 16.0. The van der Waals surface area contributed by atoms with E-state index in [1.54, 1.807) is 7.11 Å². The number of ether oxygens (including phenoxy) is 4. The summed E-state index contributed by atoms with van der Waals surface area (Å²) in [7, 11) is -0.679. The number of hydrogen-bond donors (Lipinski definition) is 0. The summed E-state index contributed by atoms with van der Waals surface area (Å²) in [5.41, 5.74) is 0. The number of rotatable bonds is 15. The first kappa shape index (κ1) is 21.2. The zero-order valence-corrected chi connectivity index (χ0v) is 16.6. The fraction of sp³-hybridized carbons (Fsp3) is 1.00. The van der Waals surface area contributed by atoms with Crippen LogP contribution in [0.1, 0.15) is 6.42 Å². The van der Waals surface area contributed by atoms with E-state index in [-0.39, 0.29) is 0 Å². The second-order valence-electron chi connectivity index (χ2n) is 5.86. The largest absolute Gasteiger partial charge is 0.458 e. The average Bonchev–Trinajstić information content (AvgIpc) is 2.38. The Labute approximate surface area is 133 Å². The van der Waals surface area contributed by atoms with Gasteiger partial charge < -0.3 is 23.1 Å².